The van der Waals surface area contributed by atoms with Crippen molar-refractivity contribution in [3.8, 4) is 0 Å². The van der Waals surface area contributed by atoms with E-state index in [0.29, 0.717) is 6.54 Å². The third-order valence-corrected chi connectivity index (χ3v) is 7.37. The van der Waals surface area contributed by atoms with Crippen molar-refractivity contribution in [3.63, 3.8) is 0 Å². The Labute approximate surface area is 199 Å². The second kappa shape index (κ2) is 10.1. The van der Waals surface area contributed by atoms with Crippen LogP contribution < -0.4 is 10.2 Å². The number of sulfone groups is 1. The Kier molecular flexibility index (Phi) is 7.02. The molecule has 1 N–H and O–H groups in total. The Balaban J connectivity index is 1.46. The van der Waals surface area contributed by atoms with E-state index in [1.807, 2.05) is 25.1 Å². The Bertz CT molecular complexity index is 1300. The molecular weight excluding hydrogens is 452 g/mol. The first kappa shape index (κ1) is 23.6. The van der Waals surface area contributed by atoms with Crippen LogP contribution in [0.2, 0.25) is 0 Å². The number of carbonyl (C=O) groups excluding carboxylic acids is 2. The van der Waals surface area contributed by atoms with Gasteiger partial charge in [0.15, 0.2) is 15.2 Å². The molecule has 1 aliphatic heterocycles. The van der Waals surface area contributed by atoms with E-state index in [1.54, 1.807) is 18.2 Å². The fraction of sp³-hybridized carbons (Fsp3) is 0.280. The molecule has 34 heavy (non-hydrogen) atoms. The molecule has 2 amide bonds. The van der Waals surface area contributed by atoms with E-state index in [-0.39, 0.29) is 23.1 Å². The molecule has 0 radical (unpaired) electrons. The number of nitrogens with zero attached hydrogens (tertiary/aromatic N) is 3. The van der Waals surface area contributed by atoms with E-state index in [2.05, 4.69) is 27.4 Å². The molecule has 0 saturated carbocycles. The van der Waals surface area contributed by atoms with Gasteiger partial charge in [-0.2, -0.15) is 0 Å². The minimum atomic E-state index is -3.85. The van der Waals surface area contributed by atoms with Gasteiger partial charge in [-0.25, -0.2) is 18.4 Å². The van der Waals surface area contributed by atoms with E-state index < -0.39 is 26.9 Å². The molecule has 1 atom stereocenters. The summed E-state index contributed by atoms with van der Waals surface area (Å²) in [6, 6.07) is 18.2. The molecule has 2 aromatic heterocycles. The number of rotatable bonds is 8. The normalized spacial score (nSPS) is 17.0. The van der Waals surface area contributed by atoms with Crippen LogP contribution in [0, 0.1) is 6.92 Å². The molecule has 176 valence electrons. The van der Waals surface area contributed by atoms with Gasteiger partial charge in [0.2, 0.25) is 5.91 Å². The van der Waals surface area contributed by atoms with Gasteiger partial charge in [0.1, 0.15) is 17.3 Å². The van der Waals surface area contributed by atoms with Crippen LogP contribution in [-0.2, 0) is 21.1 Å². The number of aromatic nitrogens is 2. The van der Waals surface area contributed by atoms with E-state index in [1.165, 1.54) is 23.9 Å². The van der Waals surface area contributed by atoms with Crippen LogP contribution in [0.3, 0.4) is 0 Å². The molecule has 0 bridgehead atoms. The highest BCUT2D eigenvalue weighted by atomic mass is 32.2. The van der Waals surface area contributed by atoms with Crippen LogP contribution in [0.25, 0.3) is 0 Å². The first-order chi connectivity index (χ1) is 16.3. The summed E-state index contributed by atoms with van der Waals surface area (Å²) in [5, 5.41) is 1.51. The minimum absolute atomic E-state index is 0.104. The molecule has 1 aliphatic rings. The minimum Gasteiger partial charge on any atom is -0.351 e. The van der Waals surface area contributed by atoms with Crippen molar-refractivity contribution in [2.45, 2.75) is 31.6 Å². The summed E-state index contributed by atoms with van der Waals surface area (Å²) in [5.74, 6) is -1.35. The van der Waals surface area contributed by atoms with Gasteiger partial charge in [-0.3, -0.25) is 14.5 Å². The lowest BCUT2D eigenvalue weighted by atomic mass is 10.1. The number of anilines is 1. The molecule has 4 rings (SSSR count). The number of unbranched alkanes of at least 4 members (excludes halogenated alkanes) is 1. The number of benzene rings is 1. The van der Waals surface area contributed by atoms with Crippen LogP contribution in [0.5, 0.6) is 0 Å². The van der Waals surface area contributed by atoms with Crippen molar-refractivity contribution in [2.75, 3.05) is 17.2 Å². The van der Waals surface area contributed by atoms with E-state index in [0.717, 1.165) is 29.7 Å². The second-order valence-electron chi connectivity index (χ2n) is 8.26. The molecule has 1 aromatic carbocycles. The summed E-state index contributed by atoms with van der Waals surface area (Å²) in [5.41, 5.74) is 2.32. The predicted octanol–water partition coefficient (Wildman–Crippen LogP) is 3.00. The number of aryl methyl sites for hydroxylation is 2. The Morgan fingerprint density at radius 3 is 2.65 bits per heavy atom. The molecular formula is C25H26N4O4S. The number of carbonyl (C=O) groups is 2. The highest BCUT2D eigenvalue weighted by molar-refractivity contribution is 7.93. The van der Waals surface area contributed by atoms with Crippen LogP contribution in [0.4, 0.5) is 5.82 Å². The van der Waals surface area contributed by atoms with Gasteiger partial charge in [0.25, 0.3) is 5.91 Å². The molecule has 0 aliphatic carbocycles. The summed E-state index contributed by atoms with van der Waals surface area (Å²) < 4.78 is 25.7. The topological polar surface area (TPSA) is 109 Å². The predicted molar refractivity (Wildman–Crippen MR) is 129 cm³/mol. The molecule has 3 heterocycles. The first-order valence-corrected chi connectivity index (χ1v) is 12.8. The zero-order valence-corrected chi connectivity index (χ0v) is 19.7. The largest absolute Gasteiger partial charge is 0.351 e. The van der Waals surface area contributed by atoms with Gasteiger partial charge in [-0.05, 0) is 61.6 Å². The zero-order chi connectivity index (χ0) is 24.1. The summed E-state index contributed by atoms with van der Waals surface area (Å²) in [7, 11) is -3.85. The van der Waals surface area contributed by atoms with Gasteiger partial charge < -0.3 is 5.32 Å². The van der Waals surface area contributed by atoms with E-state index in [9.17, 15) is 18.0 Å². The number of hydrogen-bond acceptors (Lipinski definition) is 6. The lowest BCUT2D eigenvalue weighted by Crippen LogP contribution is -2.31. The molecule has 1 fully saturated rings. The maximum Gasteiger partial charge on any atom is 0.269 e. The average molecular weight is 479 g/mol. The first-order valence-electron chi connectivity index (χ1n) is 11.1. The molecule has 3 aromatic rings. The summed E-state index contributed by atoms with van der Waals surface area (Å²) in [6.07, 6.45) is 4.19. The summed E-state index contributed by atoms with van der Waals surface area (Å²) >= 11 is 0. The Hall–Kier alpha value is -3.59. The van der Waals surface area contributed by atoms with Crippen LogP contribution >= 0.6 is 0 Å². The van der Waals surface area contributed by atoms with E-state index >= 15 is 0 Å². The van der Waals surface area contributed by atoms with Gasteiger partial charge in [0, 0.05) is 12.7 Å². The van der Waals surface area contributed by atoms with Gasteiger partial charge in [-0.1, -0.05) is 36.4 Å². The van der Waals surface area contributed by atoms with Gasteiger partial charge in [0.05, 0.1) is 5.69 Å². The van der Waals surface area contributed by atoms with Crippen molar-refractivity contribution < 1.29 is 18.0 Å². The van der Waals surface area contributed by atoms with Crippen LogP contribution in [0.15, 0.2) is 66.9 Å². The Morgan fingerprint density at radius 2 is 1.88 bits per heavy atom. The number of hydrogen-bond donors (Lipinski definition) is 1. The standard InChI is InChI=1S/C25H26N4O4S/c1-18-13-15-26-22(16-18)29-23(30)17-34(32,33)25(29)21-12-7-11-20(28-21)24(31)27-14-6-5-10-19-8-3-2-4-9-19/h2-4,7-9,11-13,15-16,25H,5-6,10,14,17H2,1H3,(H,27,31). The fourth-order valence-corrected chi connectivity index (χ4v) is 5.62. The number of nitrogens with one attached hydrogen (secondary N) is 1. The number of pyridine rings is 2. The molecule has 1 unspecified atom stereocenters. The second-order valence-corrected chi connectivity index (χ2v) is 10.3. The highest BCUT2D eigenvalue weighted by Crippen LogP contribution is 2.36. The Morgan fingerprint density at radius 1 is 1.09 bits per heavy atom. The zero-order valence-electron chi connectivity index (χ0n) is 18.8. The summed E-state index contributed by atoms with van der Waals surface area (Å²) in [6.45, 7) is 2.31. The average Bonchev–Trinajstić information content (AvgIpc) is 3.07. The third kappa shape index (κ3) is 5.31. The molecule has 0 spiro atoms. The maximum atomic E-state index is 12.9. The quantitative estimate of drug-likeness (QED) is 0.499. The van der Waals surface area contributed by atoms with Crippen molar-refractivity contribution >= 4 is 27.5 Å². The lowest BCUT2D eigenvalue weighted by molar-refractivity contribution is -0.115. The van der Waals surface area contributed by atoms with Gasteiger partial charge >= 0.3 is 0 Å². The summed E-state index contributed by atoms with van der Waals surface area (Å²) in [4.78, 5) is 34.9. The van der Waals surface area contributed by atoms with E-state index in [4.69, 9.17) is 0 Å². The van der Waals surface area contributed by atoms with Crippen molar-refractivity contribution in [2.24, 2.45) is 0 Å². The molecule has 9 heteroatoms. The third-order valence-electron chi connectivity index (χ3n) is 5.59. The van der Waals surface area contributed by atoms with Crippen molar-refractivity contribution in [1.29, 1.82) is 0 Å². The maximum absolute atomic E-state index is 12.9. The van der Waals surface area contributed by atoms with Crippen LogP contribution in [-0.4, -0.2) is 42.5 Å². The molecule has 1 saturated heterocycles. The van der Waals surface area contributed by atoms with Crippen molar-refractivity contribution in [1.82, 2.24) is 15.3 Å². The lowest BCUT2D eigenvalue weighted by Gasteiger charge is -2.22. The highest BCUT2D eigenvalue weighted by Gasteiger charge is 2.47. The fourth-order valence-electron chi connectivity index (χ4n) is 3.93. The SMILES string of the molecule is Cc1ccnc(N2C(=O)CS(=O)(=O)C2c2cccc(C(=O)NCCCCc3ccccc3)n2)c1. The number of amides is 2. The smallest absolute Gasteiger partial charge is 0.269 e. The monoisotopic (exact) mass is 478 g/mol. The van der Waals surface area contributed by atoms with Crippen LogP contribution in [0.1, 0.15) is 45.5 Å². The molecule has 8 nitrogen and oxygen atoms in total. The van der Waals surface area contributed by atoms with Crippen molar-refractivity contribution in [3.05, 3.63) is 89.4 Å². The van der Waals surface area contributed by atoms with Gasteiger partial charge in [-0.15, -0.1) is 0 Å².